The maximum Gasteiger partial charge on any atom is 0.228 e. The van der Waals surface area contributed by atoms with Gasteiger partial charge in [-0.05, 0) is 12.8 Å². The van der Waals surface area contributed by atoms with Crippen molar-refractivity contribution in [3.05, 3.63) is 0 Å². The third-order valence-electron chi connectivity index (χ3n) is 3.46. The number of hydrogen-bond donors (Lipinski definition) is 2. The van der Waals surface area contributed by atoms with Crippen molar-refractivity contribution in [1.82, 2.24) is 5.32 Å². The van der Waals surface area contributed by atoms with E-state index in [0.29, 0.717) is 0 Å². The molecule has 3 nitrogen and oxygen atoms in total. The van der Waals surface area contributed by atoms with Gasteiger partial charge in [-0.2, -0.15) is 0 Å². The van der Waals surface area contributed by atoms with Gasteiger partial charge >= 0.3 is 0 Å². The predicted octanol–water partition coefficient (Wildman–Crippen LogP) is 0.631. The SMILES string of the molecule is CC12CCCCC1C(O)NC2=O. The zero-order chi connectivity index (χ0) is 8.77. The van der Waals surface area contributed by atoms with Crippen LogP contribution in [-0.4, -0.2) is 17.2 Å². The van der Waals surface area contributed by atoms with Crippen molar-refractivity contribution in [2.75, 3.05) is 0 Å². The summed E-state index contributed by atoms with van der Waals surface area (Å²) in [6, 6.07) is 0. The number of hydrogen-bond acceptors (Lipinski definition) is 2. The highest BCUT2D eigenvalue weighted by atomic mass is 16.3. The number of amides is 1. The van der Waals surface area contributed by atoms with Crippen LogP contribution in [0.5, 0.6) is 0 Å². The molecule has 12 heavy (non-hydrogen) atoms. The van der Waals surface area contributed by atoms with Crippen molar-refractivity contribution in [2.24, 2.45) is 11.3 Å². The third kappa shape index (κ3) is 0.891. The van der Waals surface area contributed by atoms with Crippen LogP contribution < -0.4 is 5.32 Å². The molecule has 0 spiro atoms. The molecule has 1 amide bonds. The molecule has 68 valence electrons. The van der Waals surface area contributed by atoms with Crippen LogP contribution in [0.15, 0.2) is 0 Å². The van der Waals surface area contributed by atoms with Gasteiger partial charge in [-0.25, -0.2) is 0 Å². The summed E-state index contributed by atoms with van der Waals surface area (Å²) in [7, 11) is 0. The lowest BCUT2D eigenvalue weighted by atomic mass is 9.69. The molecule has 2 N–H and O–H groups in total. The van der Waals surface area contributed by atoms with Gasteiger partial charge in [0.1, 0.15) is 6.23 Å². The molecule has 0 aromatic rings. The molecule has 3 atom stereocenters. The fourth-order valence-electron chi connectivity index (χ4n) is 2.55. The van der Waals surface area contributed by atoms with E-state index in [-0.39, 0.29) is 17.2 Å². The number of nitrogens with one attached hydrogen (secondary N) is 1. The molecule has 1 aliphatic carbocycles. The van der Waals surface area contributed by atoms with Crippen LogP contribution in [0, 0.1) is 11.3 Å². The zero-order valence-electron chi connectivity index (χ0n) is 7.34. The number of carbonyl (C=O) groups is 1. The number of aliphatic hydroxyl groups is 1. The highest BCUT2D eigenvalue weighted by Crippen LogP contribution is 2.45. The van der Waals surface area contributed by atoms with Gasteiger partial charge in [0.25, 0.3) is 0 Å². The van der Waals surface area contributed by atoms with Gasteiger partial charge < -0.3 is 10.4 Å². The van der Waals surface area contributed by atoms with Crippen molar-refractivity contribution >= 4 is 5.91 Å². The molecule has 1 aliphatic heterocycles. The first-order valence-corrected chi connectivity index (χ1v) is 4.63. The van der Waals surface area contributed by atoms with Gasteiger partial charge in [-0.1, -0.05) is 19.8 Å². The number of rotatable bonds is 0. The van der Waals surface area contributed by atoms with Crippen molar-refractivity contribution in [3.63, 3.8) is 0 Å². The standard InChI is InChI=1S/C9H15NO2/c1-9-5-3-2-4-6(9)7(11)10-8(9)12/h6-7,11H,2-5H2,1H3,(H,10,12). The maximum absolute atomic E-state index is 11.5. The Bertz CT molecular complexity index is 217. The first kappa shape index (κ1) is 8.05. The van der Waals surface area contributed by atoms with Crippen LogP contribution in [0.2, 0.25) is 0 Å². The molecular weight excluding hydrogens is 154 g/mol. The fourth-order valence-corrected chi connectivity index (χ4v) is 2.55. The molecule has 2 fully saturated rings. The summed E-state index contributed by atoms with van der Waals surface area (Å²) in [5.41, 5.74) is -0.280. The zero-order valence-corrected chi connectivity index (χ0v) is 7.34. The number of aliphatic hydroxyl groups excluding tert-OH is 1. The van der Waals surface area contributed by atoms with Crippen molar-refractivity contribution in [3.8, 4) is 0 Å². The Morgan fingerprint density at radius 1 is 1.58 bits per heavy atom. The molecule has 2 aliphatic rings. The van der Waals surface area contributed by atoms with Gasteiger partial charge in [0.05, 0.1) is 5.41 Å². The molecule has 3 heteroatoms. The molecule has 3 unspecified atom stereocenters. The van der Waals surface area contributed by atoms with E-state index in [1.54, 1.807) is 0 Å². The molecule has 0 bridgehead atoms. The summed E-state index contributed by atoms with van der Waals surface area (Å²) >= 11 is 0. The van der Waals surface area contributed by atoms with E-state index >= 15 is 0 Å². The van der Waals surface area contributed by atoms with Gasteiger partial charge in [0, 0.05) is 5.92 Å². The number of carbonyl (C=O) groups excluding carboxylic acids is 1. The fraction of sp³-hybridized carbons (Fsp3) is 0.889. The topological polar surface area (TPSA) is 49.3 Å². The summed E-state index contributed by atoms with van der Waals surface area (Å²) in [5.74, 6) is 0.193. The average molecular weight is 169 g/mol. The highest BCUT2D eigenvalue weighted by Gasteiger charge is 2.51. The molecule has 0 radical (unpaired) electrons. The van der Waals surface area contributed by atoms with Crippen LogP contribution in [0.25, 0.3) is 0 Å². The first-order chi connectivity index (χ1) is 5.64. The van der Waals surface area contributed by atoms with E-state index in [2.05, 4.69) is 5.32 Å². The molecule has 1 saturated heterocycles. The second kappa shape index (κ2) is 2.46. The van der Waals surface area contributed by atoms with Crippen LogP contribution >= 0.6 is 0 Å². The lowest BCUT2D eigenvalue weighted by Gasteiger charge is -2.33. The molecule has 0 aromatic heterocycles. The van der Waals surface area contributed by atoms with Crippen molar-refractivity contribution in [2.45, 2.75) is 38.8 Å². The average Bonchev–Trinajstić information content (AvgIpc) is 2.25. The Morgan fingerprint density at radius 2 is 2.33 bits per heavy atom. The normalized spacial score (nSPS) is 47.0. The summed E-state index contributed by atoms with van der Waals surface area (Å²) in [6.45, 7) is 1.97. The second-order valence-electron chi connectivity index (χ2n) is 4.19. The minimum absolute atomic E-state index is 0.0414. The molecule has 2 rings (SSSR count). The Labute approximate surface area is 72.2 Å². The molecule has 1 heterocycles. The Morgan fingerprint density at radius 3 is 3.00 bits per heavy atom. The minimum atomic E-state index is -0.595. The lowest BCUT2D eigenvalue weighted by molar-refractivity contribution is -0.129. The van der Waals surface area contributed by atoms with Gasteiger partial charge in [-0.15, -0.1) is 0 Å². The van der Waals surface area contributed by atoms with Crippen LogP contribution in [-0.2, 0) is 4.79 Å². The quantitative estimate of drug-likeness (QED) is 0.559. The van der Waals surface area contributed by atoms with Gasteiger partial charge in [-0.3, -0.25) is 4.79 Å². The minimum Gasteiger partial charge on any atom is -0.373 e. The largest absolute Gasteiger partial charge is 0.373 e. The monoisotopic (exact) mass is 169 g/mol. The van der Waals surface area contributed by atoms with Gasteiger partial charge in [0.2, 0.25) is 5.91 Å². The summed E-state index contributed by atoms with van der Waals surface area (Å²) < 4.78 is 0. The Hall–Kier alpha value is -0.570. The summed E-state index contributed by atoms with van der Waals surface area (Å²) in [4.78, 5) is 11.5. The van der Waals surface area contributed by atoms with Crippen LogP contribution in [0.1, 0.15) is 32.6 Å². The third-order valence-corrected chi connectivity index (χ3v) is 3.46. The van der Waals surface area contributed by atoms with E-state index in [1.165, 1.54) is 0 Å². The molecule has 1 saturated carbocycles. The molecular formula is C9H15NO2. The van der Waals surface area contributed by atoms with E-state index in [0.717, 1.165) is 25.7 Å². The van der Waals surface area contributed by atoms with Crippen LogP contribution in [0.3, 0.4) is 0 Å². The second-order valence-corrected chi connectivity index (χ2v) is 4.19. The predicted molar refractivity (Wildman–Crippen MR) is 44.2 cm³/mol. The summed E-state index contributed by atoms with van der Waals surface area (Å²) in [6.07, 6.45) is 3.58. The smallest absolute Gasteiger partial charge is 0.228 e. The number of fused-ring (bicyclic) bond motifs is 1. The summed E-state index contributed by atoms with van der Waals surface area (Å²) in [5, 5.41) is 12.1. The van der Waals surface area contributed by atoms with Crippen molar-refractivity contribution in [1.29, 1.82) is 0 Å². The maximum atomic E-state index is 11.5. The van der Waals surface area contributed by atoms with E-state index in [9.17, 15) is 9.90 Å². The van der Waals surface area contributed by atoms with Crippen molar-refractivity contribution < 1.29 is 9.90 Å². The first-order valence-electron chi connectivity index (χ1n) is 4.63. The lowest BCUT2D eigenvalue weighted by Crippen LogP contribution is -2.34. The van der Waals surface area contributed by atoms with Gasteiger partial charge in [0.15, 0.2) is 0 Å². The van der Waals surface area contributed by atoms with E-state index < -0.39 is 6.23 Å². The van der Waals surface area contributed by atoms with E-state index in [1.807, 2.05) is 6.92 Å². The Balaban J connectivity index is 2.27. The van der Waals surface area contributed by atoms with E-state index in [4.69, 9.17) is 0 Å². The van der Waals surface area contributed by atoms with Crippen LogP contribution in [0.4, 0.5) is 0 Å². The molecule has 0 aromatic carbocycles. The highest BCUT2D eigenvalue weighted by molar-refractivity contribution is 5.85. The Kier molecular flexibility index (Phi) is 1.65.